The Morgan fingerprint density at radius 2 is 1.46 bits per heavy atom. The molecule has 2 rings (SSSR count). The second kappa shape index (κ2) is 7.28. The van der Waals surface area contributed by atoms with Crippen molar-refractivity contribution in [2.45, 2.75) is 16.4 Å². The third-order valence-corrected chi connectivity index (χ3v) is 5.92. The molecule has 0 saturated heterocycles. The van der Waals surface area contributed by atoms with Crippen LogP contribution in [-0.2, 0) is 19.7 Å². The number of rotatable bonds is 6. The highest BCUT2D eigenvalue weighted by Crippen LogP contribution is 2.31. The lowest BCUT2D eigenvalue weighted by Gasteiger charge is -2.20. The Morgan fingerprint density at radius 3 is 1.92 bits per heavy atom. The molecule has 0 saturated carbocycles. The average molecular weight is 407 g/mol. The zero-order valence-electron chi connectivity index (χ0n) is 13.6. The summed E-state index contributed by atoms with van der Waals surface area (Å²) in [4.78, 5) is -0.880. The van der Waals surface area contributed by atoms with E-state index in [4.69, 9.17) is 0 Å². The van der Waals surface area contributed by atoms with Crippen LogP contribution >= 0.6 is 0 Å². The predicted octanol–water partition coefficient (Wildman–Crippen LogP) is 3.18. The van der Waals surface area contributed by atoms with E-state index in [1.165, 1.54) is 0 Å². The summed E-state index contributed by atoms with van der Waals surface area (Å²) < 4.78 is 83.8. The van der Waals surface area contributed by atoms with Gasteiger partial charge < -0.3 is 5.32 Å². The normalized spacial score (nSPS) is 14.0. The fraction of sp³-hybridized carbons (Fsp3) is 0.250. The lowest BCUT2D eigenvalue weighted by molar-refractivity contribution is -0.0436. The van der Waals surface area contributed by atoms with Gasteiger partial charge in [-0.05, 0) is 29.8 Å². The molecule has 26 heavy (non-hydrogen) atoms. The average Bonchev–Trinajstić information content (AvgIpc) is 2.53. The lowest BCUT2D eigenvalue weighted by Crippen LogP contribution is -2.23. The molecule has 0 aliphatic heterocycles. The Labute approximate surface area is 149 Å². The molecule has 0 aliphatic rings. The van der Waals surface area contributed by atoms with E-state index in [0.29, 0.717) is 11.3 Å². The quantitative estimate of drug-likeness (QED) is 0.796. The third-order valence-electron chi connectivity index (χ3n) is 3.48. The highest BCUT2D eigenvalue weighted by atomic mass is 32.2. The summed E-state index contributed by atoms with van der Waals surface area (Å²) >= 11 is 0. The van der Waals surface area contributed by atoms with Crippen LogP contribution in [0, 0.1) is 0 Å². The van der Waals surface area contributed by atoms with E-state index in [-0.39, 0.29) is 5.75 Å². The Kier molecular flexibility index (Phi) is 5.67. The second-order valence-corrected chi connectivity index (χ2v) is 9.80. The zero-order valence-corrected chi connectivity index (χ0v) is 15.2. The topological polar surface area (TPSA) is 80.3 Å². The van der Waals surface area contributed by atoms with Crippen molar-refractivity contribution in [3.05, 3.63) is 60.2 Å². The van der Waals surface area contributed by atoms with Gasteiger partial charge in [0.1, 0.15) is 9.84 Å². The van der Waals surface area contributed by atoms with Gasteiger partial charge in [-0.15, -0.1) is 0 Å². The molecule has 0 spiro atoms. The summed E-state index contributed by atoms with van der Waals surface area (Å²) in [5.74, 6) is -0.236. The Bertz CT molecular complexity index is 955. The number of sulfone groups is 2. The van der Waals surface area contributed by atoms with Gasteiger partial charge in [-0.3, -0.25) is 0 Å². The SMILES string of the molecule is CS(=O)(=O)C[C@@H](Nc1ccc(S(=O)(=O)C(F)(F)F)cc1)c1ccccc1. The highest BCUT2D eigenvalue weighted by Gasteiger charge is 2.46. The Hall–Kier alpha value is -2.07. The molecule has 5 nitrogen and oxygen atoms in total. The molecule has 0 unspecified atom stereocenters. The van der Waals surface area contributed by atoms with Crippen molar-refractivity contribution in [1.29, 1.82) is 0 Å². The van der Waals surface area contributed by atoms with Crippen molar-refractivity contribution in [2.24, 2.45) is 0 Å². The van der Waals surface area contributed by atoms with E-state index in [1.807, 2.05) is 0 Å². The van der Waals surface area contributed by atoms with Crippen molar-refractivity contribution in [1.82, 2.24) is 0 Å². The molecule has 10 heteroatoms. The van der Waals surface area contributed by atoms with E-state index in [1.54, 1.807) is 30.3 Å². The van der Waals surface area contributed by atoms with Gasteiger partial charge in [-0.2, -0.15) is 13.2 Å². The van der Waals surface area contributed by atoms with E-state index >= 15 is 0 Å². The van der Waals surface area contributed by atoms with Gasteiger partial charge in [-0.25, -0.2) is 16.8 Å². The number of nitrogens with one attached hydrogen (secondary N) is 1. The highest BCUT2D eigenvalue weighted by molar-refractivity contribution is 7.92. The van der Waals surface area contributed by atoms with Crippen LogP contribution in [0.15, 0.2) is 59.5 Å². The Morgan fingerprint density at radius 1 is 0.923 bits per heavy atom. The number of halogens is 3. The van der Waals surface area contributed by atoms with Crippen molar-refractivity contribution in [3.63, 3.8) is 0 Å². The van der Waals surface area contributed by atoms with E-state index in [2.05, 4.69) is 5.32 Å². The maximum Gasteiger partial charge on any atom is 0.501 e. The smallest absolute Gasteiger partial charge is 0.377 e. The van der Waals surface area contributed by atoms with Crippen LogP contribution < -0.4 is 5.32 Å². The minimum absolute atomic E-state index is 0.236. The maximum atomic E-state index is 12.6. The number of hydrogen-bond donors (Lipinski definition) is 1. The molecule has 1 atom stereocenters. The third kappa shape index (κ3) is 4.98. The van der Waals surface area contributed by atoms with Crippen LogP contribution in [0.4, 0.5) is 18.9 Å². The number of anilines is 1. The monoisotopic (exact) mass is 407 g/mol. The molecule has 2 aromatic rings. The molecule has 0 aromatic heterocycles. The van der Waals surface area contributed by atoms with Gasteiger partial charge in [0, 0.05) is 11.9 Å². The first-order chi connectivity index (χ1) is 11.9. The molecule has 0 aliphatic carbocycles. The molecule has 2 aromatic carbocycles. The first-order valence-electron chi connectivity index (χ1n) is 7.31. The van der Waals surface area contributed by atoms with Crippen molar-refractivity contribution in [2.75, 3.05) is 17.3 Å². The first kappa shape index (κ1) is 20.2. The van der Waals surface area contributed by atoms with Gasteiger partial charge in [0.05, 0.1) is 16.7 Å². The molecular weight excluding hydrogens is 391 g/mol. The van der Waals surface area contributed by atoms with Crippen LogP contribution in [0.1, 0.15) is 11.6 Å². The largest absolute Gasteiger partial charge is 0.501 e. The van der Waals surface area contributed by atoms with Gasteiger partial charge in [0.25, 0.3) is 9.84 Å². The first-order valence-corrected chi connectivity index (χ1v) is 10.9. The van der Waals surface area contributed by atoms with Gasteiger partial charge in [0.2, 0.25) is 0 Å². The second-order valence-electron chi connectivity index (χ2n) is 5.67. The Balaban J connectivity index is 2.30. The van der Waals surface area contributed by atoms with Crippen LogP contribution in [0.2, 0.25) is 0 Å². The molecule has 0 radical (unpaired) electrons. The molecule has 0 fully saturated rings. The van der Waals surface area contributed by atoms with Crippen LogP contribution in [0.3, 0.4) is 0 Å². The molecular formula is C16H16F3NO4S2. The van der Waals surface area contributed by atoms with E-state index in [9.17, 15) is 30.0 Å². The van der Waals surface area contributed by atoms with Gasteiger partial charge >= 0.3 is 5.51 Å². The maximum absolute atomic E-state index is 12.6. The molecule has 0 heterocycles. The van der Waals surface area contributed by atoms with Crippen molar-refractivity contribution < 1.29 is 30.0 Å². The van der Waals surface area contributed by atoms with Crippen molar-refractivity contribution in [3.8, 4) is 0 Å². The van der Waals surface area contributed by atoms with Gasteiger partial charge in [0.15, 0.2) is 0 Å². The summed E-state index contributed by atoms with van der Waals surface area (Å²) in [5.41, 5.74) is -4.42. The van der Waals surface area contributed by atoms with Crippen LogP contribution in [0.5, 0.6) is 0 Å². The lowest BCUT2D eigenvalue weighted by atomic mass is 10.1. The summed E-state index contributed by atoms with van der Waals surface area (Å²) in [5, 5.41) is 2.91. The fourth-order valence-corrected chi connectivity index (χ4v) is 3.92. The molecule has 0 amide bonds. The zero-order chi connectivity index (χ0) is 19.6. The van der Waals surface area contributed by atoms with Gasteiger partial charge in [-0.1, -0.05) is 30.3 Å². The minimum atomic E-state index is -5.43. The minimum Gasteiger partial charge on any atom is -0.377 e. The predicted molar refractivity (Wildman–Crippen MR) is 92.2 cm³/mol. The summed E-state index contributed by atoms with van der Waals surface area (Å²) in [7, 11) is -8.78. The van der Waals surface area contributed by atoms with E-state index < -0.39 is 36.1 Å². The molecule has 142 valence electrons. The number of alkyl halides is 3. The van der Waals surface area contributed by atoms with Crippen LogP contribution in [0.25, 0.3) is 0 Å². The summed E-state index contributed by atoms with van der Waals surface area (Å²) in [6.45, 7) is 0. The summed E-state index contributed by atoms with van der Waals surface area (Å²) in [6.07, 6.45) is 1.07. The van der Waals surface area contributed by atoms with Crippen molar-refractivity contribution >= 4 is 25.4 Å². The fourth-order valence-electron chi connectivity index (χ4n) is 2.27. The number of hydrogen-bond acceptors (Lipinski definition) is 5. The van der Waals surface area contributed by atoms with E-state index in [0.717, 1.165) is 30.5 Å². The molecule has 0 bridgehead atoms. The summed E-state index contributed by atoms with van der Waals surface area (Å²) in [6, 6.07) is 12.0. The standard InChI is InChI=1S/C16H16F3NO4S2/c1-25(21,22)11-15(12-5-3-2-4-6-12)20-13-7-9-14(10-8-13)26(23,24)16(17,18)19/h2-10,15,20H,11H2,1H3/t15-/m1/s1. The van der Waals surface area contributed by atoms with Crippen LogP contribution in [-0.4, -0.2) is 34.4 Å². The molecule has 1 N–H and O–H groups in total. The number of benzene rings is 2.